The van der Waals surface area contributed by atoms with Crippen molar-refractivity contribution in [2.75, 3.05) is 0 Å². The van der Waals surface area contributed by atoms with E-state index in [4.69, 9.17) is 4.74 Å². The minimum atomic E-state index is -0.493. The Kier molecular flexibility index (Phi) is 2.42. The molecular formula is C14H17N3O2. The van der Waals surface area contributed by atoms with Gasteiger partial charge >= 0.3 is 6.09 Å². The summed E-state index contributed by atoms with van der Waals surface area (Å²) >= 11 is 0. The topological polar surface area (TPSA) is 55.3 Å². The first kappa shape index (κ1) is 12.1. The number of aromatic nitrogens is 2. The summed E-state index contributed by atoms with van der Waals surface area (Å²) in [5.41, 5.74) is -0.715. The zero-order valence-corrected chi connectivity index (χ0v) is 11.4. The molecule has 1 aromatic rings. The summed E-state index contributed by atoms with van der Waals surface area (Å²) in [5, 5.41) is 1.75. The SMILES string of the molecule is CC(C)(C)OC(=O)N1C=c2ncncc2=CC12CC2. The normalized spacial score (nSPS) is 19.2. The predicted molar refractivity (Wildman–Crippen MR) is 70.3 cm³/mol. The standard InChI is InChI=1S/C14H17N3O2/c1-13(2,3)19-12(18)17-8-11-10(7-15-9-16-11)6-14(17)4-5-14/h6-9H,4-5H2,1-3H3. The van der Waals surface area contributed by atoms with Crippen LogP contribution < -0.4 is 10.6 Å². The summed E-state index contributed by atoms with van der Waals surface area (Å²) in [5.74, 6) is 0. The number of hydrogen-bond donors (Lipinski definition) is 0. The average Bonchev–Trinajstić information content (AvgIpc) is 3.06. The monoisotopic (exact) mass is 259 g/mol. The van der Waals surface area contributed by atoms with Crippen molar-refractivity contribution < 1.29 is 9.53 Å². The maximum Gasteiger partial charge on any atom is 0.415 e. The molecule has 1 aromatic heterocycles. The minimum Gasteiger partial charge on any atom is -0.443 e. The van der Waals surface area contributed by atoms with Gasteiger partial charge in [0, 0.05) is 17.6 Å². The summed E-state index contributed by atoms with van der Waals surface area (Å²) < 4.78 is 5.46. The summed E-state index contributed by atoms with van der Waals surface area (Å²) in [6.45, 7) is 5.61. The van der Waals surface area contributed by atoms with E-state index in [1.807, 2.05) is 20.8 Å². The van der Waals surface area contributed by atoms with E-state index >= 15 is 0 Å². The molecule has 1 aliphatic carbocycles. The van der Waals surface area contributed by atoms with Crippen molar-refractivity contribution in [3.63, 3.8) is 0 Å². The number of rotatable bonds is 0. The van der Waals surface area contributed by atoms with E-state index in [1.54, 1.807) is 17.3 Å². The molecule has 2 aliphatic rings. The van der Waals surface area contributed by atoms with Crippen molar-refractivity contribution in [3.05, 3.63) is 23.1 Å². The second-order valence-electron chi connectivity index (χ2n) is 6.09. The fourth-order valence-electron chi connectivity index (χ4n) is 2.24. The molecule has 100 valence electrons. The van der Waals surface area contributed by atoms with Gasteiger partial charge in [0.25, 0.3) is 0 Å². The van der Waals surface area contributed by atoms with E-state index in [1.165, 1.54) is 6.33 Å². The fourth-order valence-corrected chi connectivity index (χ4v) is 2.24. The van der Waals surface area contributed by atoms with Crippen LogP contribution in [0.4, 0.5) is 4.79 Å². The number of carbonyl (C=O) groups is 1. The van der Waals surface area contributed by atoms with E-state index in [-0.39, 0.29) is 11.6 Å². The molecule has 1 saturated carbocycles. The van der Waals surface area contributed by atoms with E-state index in [0.717, 1.165) is 23.4 Å². The Labute approximate surface area is 111 Å². The van der Waals surface area contributed by atoms with Gasteiger partial charge < -0.3 is 4.74 Å². The van der Waals surface area contributed by atoms with E-state index in [9.17, 15) is 4.79 Å². The molecule has 5 nitrogen and oxygen atoms in total. The molecule has 19 heavy (non-hydrogen) atoms. The van der Waals surface area contributed by atoms with Gasteiger partial charge in [0.05, 0.1) is 10.9 Å². The summed E-state index contributed by atoms with van der Waals surface area (Å²) in [4.78, 5) is 22.2. The van der Waals surface area contributed by atoms with Gasteiger partial charge in [-0.1, -0.05) is 0 Å². The molecule has 1 amide bonds. The highest BCUT2D eigenvalue weighted by Crippen LogP contribution is 2.44. The summed E-state index contributed by atoms with van der Waals surface area (Å²) in [7, 11) is 0. The lowest BCUT2D eigenvalue weighted by molar-refractivity contribution is 0.0319. The molecule has 1 spiro atoms. The molecule has 0 N–H and O–H groups in total. The van der Waals surface area contributed by atoms with Crippen LogP contribution in [-0.4, -0.2) is 32.1 Å². The molecule has 1 aliphatic heterocycles. The molecule has 1 fully saturated rings. The Morgan fingerprint density at radius 1 is 1.42 bits per heavy atom. The Hall–Kier alpha value is -1.91. The van der Waals surface area contributed by atoms with Gasteiger partial charge in [-0.05, 0) is 39.7 Å². The molecule has 0 unspecified atom stereocenters. The third-order valence-corrected chi connectivity index (χ3v) is 3.28. The van der Waals surface area contributed by atoms with Gasteiger partial charge in [-0.15, -0.1) is 0 Å². The van der Waals surface area contributed by atoms with Crippen molar-refractivity contribution >= 4 is 18.4 Å². The second-order valence-corrected chi connectivity index (χ2v) is 6.09. The van der Waals surface area contributed by atoms with E-state index < -0.39 is 5.60 Å². The molecule has 0 atom stereocenters. The molecule has 0 radical (unpaired) electrons. The van der Waals surface area contributed by atoms with Crippen molar-refractivity contribution in [2.24, 2.45) is 0 Å². The Bertz CT molecular complexity index is 641. The number of hydrogen-bond acceptors (Lipinski definition) is 4. The maximum atomic E-state index is 12.3. The van der Waals surface area contributed by atoms with Gasteiger partial charge in [-0.3, -0.25) is 4.90 Å². The van der Waals surface area contributed by atoms with Crippen LogP contribution in [0.15, 0.2) is 12.5 Å². The van der Waals surface area contributed by atoms with E-state index in [2.05, 4.69) is 16.0 Å². The molecule has 5 heteroatoms. The number of ether oxygens (including phenoxy) is 1. The minimum absolute atomic E-state index is 0.222. The zero-order chi connectivity index (χ0) is 13.7. The second kappa shape index (κ2) is 3.79. The fraction of sp³-hybridized carbons (Fsp3) is 0.500. The van der Waals surface area contributed by atoms with E-state index in [0.29, 0.717) is 0 Å². The number of fused-ring (bicyclic) bond motifs is 1. The Morgan fingerprint density at radius 2 is 2.16 bits per heavy atom. The highest BCUT2D eigenvalue weighted by Gasteiger charge is 2.50. The lowest BCUT2D eigenvalue weighted by atomic mass is 10.1. The molecule has 3 rings (SSSR count). The third-order valence-electron chi connectivity index (χ3n) is 3.28. The highest BCUT2D eigenvalue weighted by atomic mass is 16.6. The number of nitrogens with zero attached hydrogens (tertiary/aromatic N) is 3. The lowest BCUT2D eigenvalue weighted by Gasteiger charge is -2.31. The average molecular weight is 259 g/mol. The molecule has 0 aromatic carbocycles. The Morgan fingerprint density at radius 3 is 2.79 bits per heavy atom. The number of amides is 1. The molecule has 2 heterocycles. The first-order chi connectivity index (χ1) is 8.90. The van der Waals surface area contributed by atoms with Crippen molar-refractivity contribution in [3.8, 4) is 0 Å². The van der Waals surface area contributed by atoms with Crippen molar-refractivity contribution in [1.29, 1.82) is 0 Å². The molecule has 0 bridgehead atoms. The van der Waals surface area contributed by atoms with Crippen LogP contribution in [0.25, 0.3) is 12.3 Å². The lowest BCUT2D eigenvalue weighted by Crippen LogP contribution is -2.48. The van der Waals surface area contributed by atoms with Gasteiger partial charge in [-0.2, -0.15) is 0 Å². The quantitative estimate of drug-likeness (QED) is 0.691. The Balaban J connectivity index is 1.99. The smallest absolute Gasteiger partial charge is 0.415 e. The van der Waals surface area contributed by atoms with Crippen molar-refractivity contribution in [2.45, 2.75) is 44.8 Å². The highest BCUT2D eigenvalue weighted by molar-refractivity contribution is 5.78. The van der Waals surface area contributed by atoms with Crippen molar-refractivity contribution in [1.82, 2.24) is 14.9 Å². The van der Waals surface area contributed by atoms with Crippen LogP contribution in [0.5, 0.6) is 0 Å². The van der Waals surface area contributed by atoms with Crippen LogP contribution >= 0.6 is 0 Å². The summed E-state index contributed by atoms with van der Waals surface area (Å²) in [6, 6.07) is 0. The van der Waals surface area contributed by atoms with Crippen LogP contribution in [0.3, 0.4) is 0 Å². The van der Waals surface area contributed by atoms with Gasteiger partial charge in [0.2, 0.25) is 0 Å². The van der Waals surface area contributed by atoms with Gasteiger partial charge in [0.1, 0.15) is 11.9 Å². The predicted octanol–water partition coefficient (Wildman–Crippen LogP) is 0.778. The summed E-state index contributed by atoms with van der Waals surface area (Å²) in [6.07, 6.45) is 8.72. The van der Waals surface area contributed by atoms with Crippen LogP contribution in [0, 0.1) is 0 Å². The van der Waals surface area contributed by atoms with Crippen LogP contribution in [0.2, 0.25) is 0 Å². The first-order valence-electron chi connectivity index (χ1n) is 6.43. The first-order valence-corrected chi connectivity index (χ1v) is 6.43. The van der Waals surface area contributed by atoms with Gasteiger partial charge in [0.15, 0.2) is 0 Å². The molecule has 0 saturated heterocycles. The zero-order valence-electron chi connectivity index (χ0n) is 11.4. The third kappa shape index (κ3) is 2.20. The van der Waals surface area contributed by atoms with Crippen LogP contribution in [0.1, 0.15) is 33.6 Å². The number of carbonyl (C=O) groups excluding carboxylic acids is 1. The van der Waals surface area contributed by atoms with Crippen LogP contribution in [-0.2, 0) is 4.74 Å². The maximum absolute atomic E-state index is 12.3. The van der Waals surface area contributed by atoms with Gasteiger partial charge in [-0.25, -0.2) is 14.8 Å². The largest absolute Gasteiger partial charge is 0.443 e. The molecular weight excluding hydrogens is 242 g/mol.